The van der Waals surface area contributed by atoms with Crippen LogP contribution in [0.5, 0.6) is 0 Å². The molecule has 0 aliphatic heterocycles. The number of imidazole rings is 1. The number of aliphatic hydroxyl groups excluding tert-OH is 1. The highest BCUT2D eigenvalue weighted by Gasteiger charge is 2.07. The van der Waals surface area contributed by atoms with Crippen LogP contribution in [-0.4, -0.2) is 15.1 Å². The number of aliphatic hydroxyl groups is 1. The minimum atomic E-state index is 0.0432. The molecule has 0 saturated heterocycles. The van der Waals surface area contributed by atoms with E-state index in [-0.39, 0.29) is 6.61 Å². The summed E-state index contributed by atoms with van der Waals surface area (Å²) in [6.45, 7) is 2.79. The molecule has 20 heavy (non-hydrogen) atoms. The molecule has 2 rings (SSSR count). The predicted octanol–water partition coefficient (Wildman–Crippen LogP) is 3.51. The molecular weight excluding hydrogens is 274 g/mol. The van der Waals surface area contributed by atoms with Crippen molar-refractivity contribution in [1.29, 1.82) is 0 Å². The van der Waals surface area contributed by atoms with E-state index in [4.69, 9.17) is 16.7 Å². The zero-order valence-corrected chi connectivity index (χ0v) is 12.4. The topological polar surface area (TPSA) is 60.9 Å². The predicted molar refractivity (Wildman–Crippen MR) is 81.9 cm³/mol. The van der Waals surface area contributed by atoms with E-state index >= 15 is 0 Å². The van der Waals surface area contributed by atoms with Gasteiger partial charge in [-0.05, 0) is 24.1 Å². The van der Waals surface area contributed by atoms with Crippen LogP contribution in [0.2, 0.25) is 5.15 Å². The van der Waals surface area contributed by atoms with Crippen LogP contribution < -0.4 is 5.32 Å². The lowest BCUT2D eigenvalue weighted by atomic mass is 10.2. The number of hydrogen-bond donors (Lipinski definition) is 3. The van der Waals surface area contributed by atoms with E-state index in [1.807, 2.05) is 24.3 Å². The molecule has 5 heteroatoms. The molecule has 0 atom stereocenters. The first-order valence-electron chi connectivity index (χ1n) is 6.90. The van der Waals surface area contributed by atoms with Crippen molar-refractivity contribution >= 4 is 17.3 Å². The van der Waals surface area contributed by atoms with E-state index < -0.39 is 0 Å². The maximum atomic E-state index is 9.11. The zero-order chi connectivity index (χ0) is 14.4. The van der Waals surface area contributed by atoms with Crippen LogP contribution in [0, 0.1) is 0 Å². The number of nitrogens with zero attached hydrogens (tertiary/aromatic N) is 1. The average molecular weight is 294 g/mol. The number of unbranched alkanes of at least 4 members (excludes halogenated alkanes) is 1. The molecule has 4 nitrogen and oxygen atoms in total. The molecule has 108 valence electrons. The van der Waals surface area contributed by atoms with E-state index in [0.29, 0.717) is 11.7 Å². The molecule has 0 aliphatic rings. The minimum absolute atomic E-state index is 0.0432. The SMILES string of the molecule is CCCCc1nc(Cl)c(CNc2cccc(CO)c2)[nH]1. The summed E-state index contributed by atoms with van der Waals surface area (Å²) in [6.07, 6.45) is 3.17. The normalized spacial score (nSPS) is 10.8. The van der Waals surface area contributed by atoms with Crippen LogP contribution in [0.25, 0.3) is 0 Å². The van der Waals surface area contributed by atoms with Gasteiger partial charge in [0.15, 0.2) is 5.15 Å². The molecule has 1 aromatic heterocycles. The van der Waals surface area contributed by atoms with Crippen LogP contribution in [0.1, 0.15) is 36.8 Å². The Balaban J connectivity index is 1.97. The van der Waals surface area contributed by atoms with Gasteiger partial charge in [0.25, 0.3) is 0 Å². The number of aromatic amines is 1. The first-order valence-corrected chi connectivity index (χ1v) is 7.27. The van der Waals surface area contributed by atoms with E-state index in [1.165, 1.54) is 0 Å². The molecule has 0 amide bonds. The third-order valence-corrected chi connectivity index (χ3v) is 3.44. The van der Waals surface area contributed by atoms with Gasteiger partial charge in [-0.15, -0.1) is 0 Å². The first-order chi connectivity index (χ1) is 9.72. The van der Waals surface area contributed by atoms with Crippen molar-refractivity contribution in [3.05, 3.63) is 46.5 Å². The van der Waals surface area contributed by atoms with Gasteiger partial charge in [-0.3, -0.25) is 0 Å². The molecule has 0 radical (unpaired) electrons. The Hall–Kier alpha value is -1.52. The second-order valence-electron chi connectivity index (χ2n) is 4.77. The van der Waals surface area contributed by atoms with Crippen molar-refractivity contribution < 1.29 is 5.11 Å². The third-order valence-electron chi connectivity index (χ3n) is 3.12. The maximum absolute atomic E-state index is 9.11. The monoisotopic (exact) mass is 293 g/mol. The minimum Gasteiger partial charge on any atom is -0.392 e. The van der Waals surface area contributed by atoms with Crippen molar-refractivity contribution in [2.24, 2.45) is 0 Å². The highest BCUT2D eigenvalue weighted by Crippen LogP contribution is 2.17. The number of rotatable bonds is 7. The van der Waals surface area contributed by atoms with E-state index in [2.05, 4.69) is 22.2 Å². The van der Waals surface area contributed by atoms with Crippen molar-refractivity contribution in [2.45, 2.75) is 39.3 Å². The van der Waals surface area contributed by atoms with Crippen LogP contribution in [0.3, 0.4) is 0 Å². The summed E-state index contributed by atoms with van der Waals surface area (Å²) < 4.78 is 0. The lowest BCUT2D eigenvalue weighted by Gasteiger charge is -2.06. The molecule has 0 saturated carbocycles. The van der Waals surface area contributed by atoms with E-state index in [0.717, 1.165) is 42.0 Å². The second kappa shape index (κ2) is 7.31. The summed E-state index contributed by atoms with van der Waals surface area (Å²) in [6, 6.07) is 7.68. The first kappa shape index (κ1) is 14.9. The van der Waals surface area contributed by atoms with Gasteiger partial charge >= 0.3 is 0 Å². The molecule has 1 aromatic carbocycles. The standard InChI is InChI=1S/C15H20ClN3O/c1-2-3-7-14-18-13(15(16)19-14)9-17-12-6-4-5-11(8-12)10-20/h4-6,8,17,20H,2-3,7,9-10H2,1H3,(H,18,19). The largest absolute Gasteiger partial charge is 0.392 e. The van der Waals surface area contributed by atoms with Gasteiger partial charge in [0.1, 0.15) is 5.82 Å². The molecule has 0 bridgehead atoms. The number of aryl methyl sites for hydroxylation is 1. The van der Waals surface area contributed by atoms with Crippen molar-refractivity contribution in [1.82, 2.24) is 9.97 Å². The Morgan fingerprint density at radius 2 is 2.25 bits per heavy atom. The van der Waals surface area contributed by atoms with Crippen molar-refractivity contribution in [3.8, 4) is 0 Å². The molecule has 0 unspecified atom stereocenters. The Morgan fingerprint density at radius 3 is 3.00 bits per heavy atom. The summed E-state index contributed by atoms with van der Waals surface area (Å²) >= 11 is 6.13. The number of anilines is 1. The van der Waals surface area contributed by atoms with Crippen molar-refractivity contribution in [2.75, 3.05) is 5.32 Å². The van der Waals surface area contributed by atoms with Gasteiger partial charge in [0, 0.05) is 12.1 Å². The van der Waals surface area contributed by atoms with Crippen LogP contribution >= 0.6 is 11.6 Å². The van der Waals surface area contributed by atoms with Gasteiger partial charge in [-0.1, -0.05) is 37.1 Å². The second-order valence-corrected chi connectivity index (χ2v) is 5.13. The number of nitrogens with one attached hydrogen (secondary N) is 2. The van der Waals surface area contributed by atoms with Gasteiger partial charge in [-0.2, -0.15) is 0 Å². The fourth-order valence-electron chi connectivity index (χ4n) is 1.99. The molecule has 2 aromatic rings. The van der Waals surface area contributed by atoms with Gasteiger partial charge in [0.05, 0.1) is 18.8 Å². The van der Waals surface area contributed by atoms with Crippen LogP contribution in [-0.2, 0) is 19.6 Å². The third kappa shape index (κ3) is 3.99. The Bertz CT molecular complexity index is 554. The van der Waals surface area contributed by atoms with Crippen LogP contribution in [0.4, 0.5) is 5.69 Å². The highest BCUT2D eigenvalue weighted by atomic mass is 35.5. The lowest BCUT2D eigenvalue weighted by molar-refractivity contribution is 0.282. The smallest absolute Gasteiger partial charge is 0.152 e. The van der Waals surface area contributed by atoms with Crippen molar-refractivity contribution in [3.63, 3.8) is 0 Å². The van der Waals surface area contributed by atoms with E-state index in [9.17, 15) is 0 Å². The number of hydrogen-bond acceptors (Lipinski definition) is 3. The number of benzene rings is 1. The molecule has 0 spiro atoms. The number of H-pyrrole nitrogens is 1. The Kier molecular flexibility index (Phi) is 5.44. The summed E-state index contributed by atoms with van der Waals surface area (Å²) in [4.78, 5) is 7.58. The van der Waals surface area contributed by atoms with E-state index in [1.54, 1.807) is 0 Å². The molecule has 3 N–H and O–H groups in total. The Morgan fingerprint density at radius 1 is 1.40 bits per heavy atom. The molecule has 0 aliphatic carbocycles. The summed E-state index contributed by atoms with van der Waals surface area (Å²) in [7, 11) is 0. The average Bonchev–Trinajstić information content (AvgIpc) is 2.83. The lowest BCUT2D eigenvalue weighted by Crippen LogP contribution is -2.01. The van der Waals surface area contributed by atoms with Gasteiger partial charge < -0.3 is 15.4 Å². The zero-order valence-electron chi connectivity index (χ0n) is 11.6. The summed E-state index contributed by atoms with van der Waals surface area (Å²) in [5, 5.41) is 12.9. The quantitative estimate of drug-likeness (QED) is 0.732. The summed E-state index contributed by atoms with van der Waals surface area (Å²) in [5.74, 6) is 0.942. The highest BCUT2D eigenvalue weighted by molar-refractivity contribution is 6.30. The molecule has 0 fully saturated rings. The fourth-order valence-corrected chi connectivity index (χ4v) is 2.21. The molecule has 1 heterocycles. The maximum Gasteiger partial charge on any atom is 0.152 e. The van der Waals surface area contributed by atoms with Gasteiger partial charge in [-0.25, -0.2) is 4.98 Å². The molecular formula is C15H20ClN3O. The number of halogens is 1. The fraction of sp³-hybridized carbons (Fsp3) is 0.400. The van der Waals surface area contributed by atoms with Gasteiger partial charge in [0.2, 0.25) is 0 Å². The Labute approximate surface area is 124 Å². The number of aromatic nitrogens is 2. The summed E-state index contributed by atoms with van der Waals surface area (Å²) in [5.41, 5.74) is 2.74. The van der Waals surface area contributed by atoms with Crippen LogP contribution in [0.15, 0.2) is 24.3 Å².